The molecule has 1 heterocycles. The number of fused-ring (bicyclic) bond motifs is 1. The number of sulfone groups is 1. The summed E-state index contributed by atoms with van der Waals surface area (Å²) in [4.78, 5) is 7.67. The molecule has 0 atom stereocenters. The summed E-state index contributed by atoms with van der Waals surface area (Å²) in [5.74, 6) is -3.12. The van der Waals surface area contributed by atoms with E-state index in [0.717, 1.165) is 12.1 Å². The molecule has 0 fully saturated rings. The van der Waals surface area contributed by atoms with Crippen LogP contribution >= 0.6 is 11.6 Å². The molecule has 0 aliphatic rings. The fourth-order valence-electron chi connectivity index (χ4n) is 3.85. The van der Waals surface area contributed by atoms with E-state index in [1.54, 1.807) is 0 Å². The first-order valence-electron chi connectivity index (χ1n) is 12.2. The number of hydrogen-bond acceptors (Lipinski definition) is 18. The third-order valence-electron chi connectivity index (χ3n) is 5.80. The van der Waals surface area contributed by atoms with Gasteiger partial charge in [-0.15, -0.1) is 10.2 Å². The number of nitrogens with zero attached hydrogens (tertiary/aromatic N) is 5. The summed E-state index contributed by atoms with van der Waals surface area (Å²) in [5.41, 5.74) is -2.26. The summed E-state index contributed by atoms with van der Waals surface area (Å²) >= 11 is 5.82. The lowest BCUT2D eigenvalue weighted by atomic mass is 10.1. The highest BCUT2D eigenvalue weighted by atomic mass is 35.5. The van der Waals surface area contributed by atoms with Gasteiger partial charge in [0, 0.05) is 5.39 Å². The van der Waals surface area contributed by atoms with Gasteiger partial charge in [0.1, 0.15) is 21.2 Å². The number of aromatic hydroxyl groups is 1. The highest BCUT2D eigenvalue weighted by Gasteiger charge is 2.27. The number of rotatable bonds is 12. The number of benzene rings is 3. The molecule has 0 saturated carbocycles. The summed E-state index contributed by atoms with van der Waals surface area (Å²) in [6, 6.07) is 6.22. The van der Waals surface area contributed by atoms with Gasteiger partial charge in [0.15, 0.2) is 5.75 Å². The number of aromatic nitrogens is 3. The molecule has 0 spiro atoms. The molecule has 0 amide bonds. The van der Waals surface area contributed by atoms with Crippen LogP contribution in [-0.4, -0.2) is 92.7 Å². The van der Waals surface area contributed by atoms with Crippen molar-refractivity contribution in [2.45, 2.75) is 19.8 Å². The lowest BCUT2D eigenvalue weighted by Crippen LogP contribution is -2.18. The molecule has 0 radical (unpaired) electrons. The molecular weight excluding hydrogens is 788 g/mol. The predicted molar refractivity (Wildman–Crippen MR) is 163 cm³/mol. The fourth-order valence-corrected chi connectivity index (χ4v) is 7.22. The number of phenolic OH excluding ortho intramolecular Hbond substituents is 1. The first-order valence-corrected chi connectivity index (χ1v) is 19.9. The van der Waals surface area contributed by atoms with E-state index in [0.29, 0.717) is 18.2 Å². The number of phenols is 1. The molecule has 0 unspecified atom stereocenters. The summed E-state index contributed by atoms with van der Waals surface area (Å²) < 4.78 is 161. The topological polar surface area (TPSA) is 356 Å². The molecular formula is C21H17ClN6O16S5. The van der Waals surface area contributed by atoms with Crippen LogP contribution in [0.4, 0.5) is 23.0 Å². The van der Waals surface area contributed by atoms with E-state index >= 15 is 0 Å². The van der Waals surface area contributed by atoms with Crippen molar-refractivity contribution >= 4 is 96.0 Å². The number of hydrogen-bond donors (Lipinski definition) is 6. The predicted octanol–water partition coefficient (Wildman–Crippen LogP) is 1.88. The molecule has 0 aliphatic heterocycles. The van der Waals surface area contributed by atoms with Gasteiger partial charge in [0.25, 0.3) is 35.5 Å². The lowest BCUT2D eigenvalue weighted by molar-refractivity contribution is 0.283. The zero-order valence-corrected chi connectivity index (χ0v) is 28.2. The quantitative estimate of drug-likeness (QED) is 0.0879. The van der Waals surface area contributed by atoms with E-state index < -0.39 is 128 Å². The monoisotopic (exact) mass is 804 g/mol. The van der Waals surface area contributed by atoms with Crippen LogP contribution in [0.1, 0.15) is 0 Å². The Balaban J connectivity index is 1.97. The van der Waals surface area contributed by atoms with Gasteiger partial charge < -0.3 is 10.4 Å². The van der Waals surface area contributed by atoms with Crippen LogP contribution in [0.5, 0.6) is 5.75 Å². The van der Waals surface area contributed by atoms with Crippen molar-refractivity contribution in [1.29, 1.82) is 0 Å². The van der Waals surface area contributed by atoms with Gasteiger partial charge in [-0.3, -0.25) is 18.2 Å². The maximum absolute atomic E-state index is 12.7. The Bertz CT molecular complexity index is 2600. The van der Waals surface area contributed by atoms with Gasteiger partial charge in [0.2, 0.25) is 21.1 Å². The van der Waals surface area contributed by atoms with E-state index in [2.05, 4.69) is 34.7 Å². The van der Waals surface area contributed by atoms with Crippen LogP contribution in [0, 0.1) is 0 Å². The molecule has 0 bridgehead atoms. The number of nitrogens with one attached hydrogen (secondary N) is 1. The van der Waals surface area contributed by atoms with E-state index in [1.165, 1.54) is 12.1 Å². The molecule has 264 valence electrons. The Hall–Kier alpha value is -4.03. The number of halogens is 1. The Morgan fingerprint density at radius 3 is 2.00 bits per heavy atom. The van der Waals surface area contributed by atoms with Crippen LogP contribution in [0.25, 0.3) is 10.8 Å². The van der Waals surface area contributed by atoms with E-state index in [4.69, 9.17) is 16.2 Å². The highest BCUT2D eigenvalue weighted by molar-refractivity contribution is 7.91. The number of azo groups is 1. The average molecular weight is 805 g/mol. The van der Waals surface area contributed by atoms with Crippen molar-refractivity contribution in [3.8, 4) is 5.75 Å². The van der Waals surface area contributed by atoms with Crippen molar-refractivity contribution in [2.75, 3.05) is 17.7 Å². The summed E-state index contributed by atoms with van der Waals surface area (Å²) in [6.07, 6.45) is 0. The zero-order valence-electron chi connectivity index (χ0n) is 23.3. The van der Waals surface area contributed by atoms with Gasteiger partial charge >= 0.3 is 10.4 Å². The van der Waals surface area contributed by atoms with E-state index in [-0.39, 0.29) is 0 Å². The molecule has 4 aromatic rings. The van der Waals surface area contributed by atoms with Crippen molar-refractivity contribution < 1.29 is 69.6 Å². The van der Waals surface area contributed by atoms with Crippen LogP contribution in [-0.2, 0) is 54.8 Å². The molecule has 0 aliphatic carbocycles. The maximum Gasteiger partial charge on any atom is 0.397 e. The Morgan fingerprint density at radius 1 is 0.776 bits per heavy atom. The molecule has 3 aromatic carbocycles. The van der Waals surface area contributed by atoms with Crippen molar-refractivity contribution in [2.24, 2.45) is 10.2 Å². The summed E-state index contributed by atoms with van der Waals surface area (Å²) in [7, 11) is -25.0. The summed E-state index contributed by atoms with van der Waals surface area (Å²) in [5, 5.41) is 17.6. The molecule has 6 N–H and O–H groups in total. The molecule has 0 saturated heterocycles. The van der Waals surface area contributed by atoms with Gasteiger partial charge in [-0.05, 0) is 47.3 Å². The minimum atomic E-state index is -5.35. The largest absolute Gasteiger partial charge is 0.505 e. The third-order valence-corrected chi connectivity index (χ3v) is 10.5. The van der Waals surface area contributed by atoms with Crippen LogP contribution in [0.15, 0.2) is 72.5 Å². The SMILES string of the molecule is O=S(=O)(O)OCCS(=O)(=O)c1nc(Cl)nc(Nc2cc(S(=O)(=O)O)cc3cc(S(=O)(=O)O)c(N=Nc4ccccc4S(=O)(=O)O)c(O)c23)n1. The second-order valence-electron chi connectivity index (χ2n) is 9.14. The first kappa shape index (κ1) is 37.8. The van der Waals surface area contributed by atoms with Gasteiger partial charge in [0.05, 0.1) is 22.9 Å². The van der Waals surface area contributed by atoms with Gasteiger partial charge in [-0.1, -0.05) is 12.1 Å². The van der Waals surface area contributed by atoms with Crippen LogP contribution in [0.2, 0.25) is 5.28 Å². The minimum Gasteiger partial charge on any atom is -0.505 e. The lowest BCUT2D eigenvalue weighted by Gasteiger charge is -2.15. The standard InChI is InChI=1S/C21H17ClN6O16S5/c22-19-24-20(26-21(25-19)45(30,31)6-5-44-49(41,42)43)23-13-9-11(46(32,33)34)7-10-8-15(48(38,39)40)17(18(29)16(10)13)28-27-12-3-1-2-4-14(12)47(35,36)37/h1-4,7-9,29H,5-6H2,(H,32,33,34)(H,35,36,37)(H,38,39,40)(H,41,42,43)(H,23,24,25,26). The van der Waals surface area contributed by atoms with Gasteiger partial charge in [-0.2, -0.15) is 48.6 Å². The first-order chi connectivity index (χ1) is 22.4. The fraction of sp³-hybridized carbons (Fsp3) is 0.0952. The zero-order chi connectivity index (χ0) is 36.7. The third kappa shape index (κ3) is 9.16. The highest BCUT2D eigenvalue weighted by Crippen LogP contribution is 2.46. The second kappa shape index (κ2) is 13.4. The normalized spacial score (nSPS) is 13.2. The summed E-state index contributed by atoms with van der Waals surface area (Å²) in [6.45, 7) is -1.09. The molecule has 22 nitrogen and oxygen atoms in total. The van der Waals surface area contributed by atoms with Crippen LogP contribution in [0.3, 0.4) is 0 Å². The van der Waals surface area contributed by atoms with Gasteiger partial charge in [-0.25, -0.2) is 12.6 Å². The van der Waals surface area contributed by atoms with E-state index in [1.807, 2.05) is 0 Å². The van der Waals surface area contributed by atoms with E-state index in [9.17, 15) is 60.9 Å². The Labute approximate surface area is 280 Å². The van der Waals surface area contributed by atoms with Crippen molar-refractivity contribution in [1.82, 2.24) is 15.0 Å². The molecule has 28 heteroatoms. The van der Waals surface area contributed by atoms with Crippen molar-refractivity contribution in [3.63, 3.8) is 0 Å². The Kier molecular flexibility index (Phi) is 10.3. The molecule has 4 rings (SSSR count). The molecule has 1 aromatic heterocycles. The smallest absolute Gasteiger partial charge is 0.397 e. The molecule has 49 heavy (non-hydrogen) atoms. The number of anilines is 2. The average Bonchev–Trinajstić information content (AvgIpc) is 2.94. The Morgan fingerprint density at radius 2 is 1.41 bits per heavy atom. The second-order valence-corrected chi connectivity index (χ2v) is 16.8. The van der Waals surface area contributed by atoms with Crippen LogP contribution < -0.4 is 5.32 Å². The minimum absolute atomic E-state index is 0.546. The van der Waals surface area contributed by atoms with Crippen molar-refractivity contribution in [3.05, 3.63) is 47.7 Å². The maximum atomic E-state index is 12.7.